The number of rotatable bonds is 4. The molecule has 1 aromatic carbocycles. The van der Waals surface area contributed by atoms with Crippen molar-refractivity contribution in [2.24, 2.45) is 11.7 Å². The van der Waals surface area contributed by atoms with Gasteiger partial charge in [-0.3, -0.25) is 0 Å². The van der Waals surface area contributed by atoms with E-state index >= 15 is 0 Å². The molecule has 1 nitrogen and oxygen atoms in total. The van der Waals surface area contributed by atoms with Crippen molar-refractivity contribution in [3.05, 3.63) is 34.1 Å². The van der Waals surface area contributed by atoms with Crippen molar-refractivity contribution in [3.63, 3.8) is 0 Å². The van der Waals surface area contributed by atoms with Gasteiger partial charge in [0, 0.05) is 10.5 Å². The Balaban J connectivity index is 2.67. The standard InChI is InChI=1S/C12H17BrFN/c1-8(2)5-11(15)7-9-6-10(13)3-4-12(9)14/h3-4,6,8,11H,5,7,15H2,1-2H3. The lowest BCUT2D eigenvalue weighted by Gasteiger charge is -2.14. The molecule has 0 heterocycles. The third-order valence-corrected chi connectivity index (χ3v) is 2.76. The fourth-order valence-electron chi connectivity index (χ4n) is 1.67. The third kappa shape index (κ3) is 4.31. The van der Waals surface area contributed by atoms with Gasteiger partial charge in [-0.2, -0.15) is 0 Å². The maximum atomic E-state index is 13.4. The second kappa shape index (κ2) is 5.61. The second-order valence-corrected chi connectivity index (χ2v) is 5.25. The number of halogens is 2. The monoisotopic (exact) mass is 273 g/mol. The highest BCUT2D eigenvalue weighted by molar-refractivity contribution is 9.10. The van der Waals surface area contributed by atoms with Gasteiger partial charge >= 0.3 is 0 Å². The highest BCUT2D eigenvalue weighted by Crippen LogP contribution is 2.18. The minimum absolute atomic E-state index is 0.0359. The van der Waals surface area contributed by atoms with Crippen LogP contribution in [0.5, 0.6) is 0 Å². The van der Waals surface area contributed by atoms with Gasteiger partial charge in [0.25, 0.3) is 0 Å². The molecule has 0 saturated carbocycles. The van der Waals surface area contributed by atoms with Crippen molar-refractivity contribution < 1.29 is 4.39 Å². The summed E-state index contributed by atoms with van der Waals surface area (Å²) in [7, 11) is 0. The van der Waals surface area contributed by atoms with Crippen LogP contribution in [0.25, 0.3) is 0 Å². The number of hydrogen-bond donors (Lipinski definition) is 1. The van der Waals surface area contributed by atoms with Crippen LogP contribution < -0.4 is 5.73 Å². The van der Waals surface area contributed by atoms with Crippen LogP contribution in [-0.4, -0.2) is 6.04 Å². The van der Waals surface area contributed by atoms with E-state index in [9.17, 15) is 4.39 Å². The Kier molecular flexibility index (Phi) is 4.74. The van der Waals surface area contributed by atoms with Gasteiger partial charge in [-0.15, -0.1) is 0 Å². The first-order valence-corrected chi connectivity index (χ1v) is 5.98. The lowest BCUT2D eigenvalue weighted by Crippen LogP contribution is -2.25. The summed E-state index contributed by atoms with van der Waals surface area (Å²) in [5, 5.41) is 0. The number of nitrogens with two attached hydrogens (primary N) is 1. The molecule has 1 rings (SSSR count). The maximum Gasteiger partial charge on any atom is 0.126 e. The molecule has 0 saturated heterocycles. The Bertz CT molecular complexity index is 325. The minimum Gasteiger partial charge on any atom is -0.327 e. The van der Waals surface area contributed by atoms with Crippen molar-refractivity contribution >= 4 is 15.9 Å². The molecule has 3 heteroatoms. The molecule has 0 aliphatic heterocycles. The minimum atomic E-state index is -0.169. The molecule has 1 atom stereocenters. The number of hydrogen-bond acceptors (Lipinski definition) is 1. The summed E-state index contributed by atoms with van der Waals surface area (Å²) in [6, 6.07) is 5.01. The lowest BCUT2D eigenvalue weighted by atomic mass is 9.98. The summed E-state index contributed by atoms with van der Waals surface area (Å²) in [4.78, 5) is 0. The second-order valence-electron chi connectivity index (χ2n) is 4.33. The zero-order valence-electron chi connectivity index (χ0n) is 9.13. The smallest absolute Gasteiger partial charge is 0.126 e. The van der Waals surface area contributed by atoms with Crippen molar-refractivity contribution in [2.45, 2.75) is 32.7 Å². The zero-order chi connectivity index (χ0) is 11.4. The van der Waals surface area contributed by atoms with Crippen LogP contribution in [0.4, 0.5) is 4.39 Å². The quantitative estimate of drug-likeness (QED) is 0.893. The van der Waals surface area contributed by atoms with Crippen molar-refractivity contribution in [1.29, 1.82) is 0 Å². The lowest BCUT2D eigenvalue weighted by molar-refractivity contribution is 0.485. The largest absolute Gasteiger partial charge is 0.327 e. The van der Waals surface area contributed by atoms with Gasteiger partial charge in [-0.1, -0.05) is 29.8 Å². The van der Waals surface area contributed by atoms with Crippen LogP contribution in [0.1, 0.15) is 25.8 Å². The summed E-state index contributed by atoms with van der Waals surface area (Å²) in [5.74, 6) is 0.382. The fourth-order valence-corrected chi connectivity index (χ4v) is 2.08. The first-order valence-electron chi connectivity index (χ1n) is 5.18. The molecular weight excluding hydrogens is 257 g/mol. The molecule has 0 amide bonds. The summed E-state index contributed by atoms with van der Waals surface area (Å²) < 4.78 is 14.3. The molecule has 1 aromatic rings. The molecule has 84 valence electrons. The average molecular weight is 274 g/mol. The Morgan fingerprint density at radius 1 is 1.40 bits per heavy atom. The zero-order valence-corrected chi connectivity index (χ0v) is 10.7. The normalized spacial score (nSPS) is 13.2. The van der Waals surface area contributed by atoms with Gasteiger partial charge in [0.15, 0.2) is 0 Å². The molecule has 0 aliphatic carbocycles. The van der Waals surface area contributed by atoms with Crippen molar-refractivity contribution in [3.8, 4) is 0 Å². The molecule has 15 heavy (non-hydrogen) atoms. The summed E-state index contributed by atoms with van der Waals surface area (Å²) in [5.41, 5.74) is 6.64. The molecule has 1 unspecified atom stereocenters. The Hall–Kier alpha value is -0.410. The Labute approximate surface area is 99.0 Å². The van der Waals surface area contributed by atoms with E-state index in [2.05, 4.69) is 29.8 Å². The first kappa shape index (κ1) is 12.7. The van der Waals surface area contributed by atoms with Gasteiger partial charge < -0.3 is 5.73 Å². The predicted molar refractivity (Wildman–Crippen MR) is 65.2 cm³/mol. The van der Waals surface area contributed by atoms with E-state index < -0.39 is 0 Å². The summed E-state index contributed by atoms with van der Waals surface area (Å²) in [6.07, 6.45) is 1.52. The molecule has 2 N–H and O–H groups in total. The third-order valence-electron chi connectivity index (χ3n) is 2.26. The Morgan fingerprint density at radius 3 is 2.67 bits per heavy atom. The van der Waals surface area contributed by atoms with E-state index in [1.165, 1.54) is 6.07 Å². The van der Waals surface area contributed by atoms with Crippen LogP contribution in [-0.2, 0) is 6.42 Å². The van der Waals surface area contributed by atoms with E-state index in [0.29, 0.717) is 17.9 Å². The van der Waals surface area contributed by atoms with Crippen LogP contribution >= 0.6 is 15.9 Å². The van der Waals surface area contributed by atoms with Crippen LogP contribution in [0.2, 0.25) is 0 Å². The highest BCUT2D eigenvalue weighted by atomic mass is 79.9. The topological polar surface area (TPSA) is 26.0 Å². The molecule has 0 aliphatic rings. The van der Waals surface area contributed by atoms with Crippen LogP contribution in [0, 0.1) is 11.7 Å². The van der Waals surface area contributed by atoms with E-state index in [-0.39, 0.29) is 11.9 Å². The van der Waals surface area contributed by atoms with E-state index in [1.54, 1.807) is 12.1 Å². The van der Waals surface area contributed by atoms with Gasteiger partial charge in [-0.25, -0.2) is 4.39 Å². The van der Waals surface area contributed by atoms with Gasteiger partial charge in [0.05, 0.1) is 0 Å². The molecule has 0 bridgehead atoms. The van der Waals surface area contributed by atoms with Crippen molar-refractivity contribution in [2.75, 3.05) is 0 Å². The SMILES string of the molecule is CC(C)CC(N)Cc1cc(Br)ccc1F. The average Bonchev–Trinajstić information content (AvgIpc) is 2.10. The summed E-state index contributed by atoms with van der Waals surface area (Å²) >= 11 is 3.33. The molecule has 0 radical (unpaired) electrons. The van der Waals surface area contributed by atoms with Crippen LogP contribution in [0.3, 0.4) is 0 Å². The molecule has 0 aromatic heterocycles. The van der Waals surface area contributed by atoms with E-state index in [0.717, 1.165) is 10.9 Å². The van der Waals surface area contributed by atoms with Gasteiger partial charge in [0.1, 0.15) is 5.82 Å². The molecule has 0 fully saturated rings. The highest BCUT2D eigenvalue weighted by Gasteiger charge is 2.10. The number of benzene rings is 1. The van der Waals surface area contributed by atoms with E-state index in [4.69, 9.17) is 5.73 Å². The maximum absolute atomic E-state index is 13.4. The first-order chi connectivity index (χ1) is 6.99. The molecular formula is C12H17BrFN. The Morgan fingerprint density at radius 2 is 2.07 bits per heavy atom. The summed E-state index contributed by atoms with van der Waals surface area (Å²) in [6.45, 7) is 4.24. The van der Waals surface area contributed by atoms with Gasteiger partial charge in [0.2, 0.25) is 0 Å². The predicted octanol–water partition coefficient (Wildman–Crippen LogP) is 3.50. The van der Waals surface area contributed by atoms with Crippen LogP contribution in [0.15, 0.2) is 22.7 Å². The van der Waals surface area contributed by atoms with Crippen molar-refractivity contribution in [1.82, 2.24) is 0 Å². The van der Waals surface area contributed by atoms with E-state index in [1.807, 2.05) is 0 Å². The fraction of sp³-hybridized carbons (Fsp3) is 0.500. The van der Waals surface area contributed by atoms with Gasteiger partial charge in [-0.05, 0) is 42.5 Å². The molecule has 0 spiro atoms.